The van der Waals surface area contributed by atoms with E-state index in [4.69, 9.17) is 0 Å². The SMILES string of the molecule is CSC(C)N=Nc1ccccc1C. The second-order valence-electron chi connectivity index (χ2n) is 2.84. The maximum atomic E-state index is 4.18. The van der Waals surface area contributed by atoms with Crippen molar-refractivity contribution in [2.75, 3.05) is 6.26 Å². The van der Waals surface area contributed by atoms with Crippen molar-refractivity contribution >= 4 is 17.4 Å². The number of rotatable bonds is 3. The summed E-state index contributed by atoms with van der Waals surface area (Å²) in [5, 5.41) is 8.58. The Bertz CT molecular complexity index is 297. The molecule has 0 aromatic heterocycles. The molecule has 1 atom stereocenters. The Balaban J connectivity index is 2.74. The molecular weight excluding hydrogens is 180 g/mol. The van der Waals surface area contributed by atoms with E-state index in [1.165, 1.54) is 5.56 Å². The molecule has 0 heterocycles. The zero-order valence-electron chi connectivity index (χ0n) is 8.19. The Hall–Kier alpha value is -0.830. The maximum Gasteiger partial charge on any atom is 0.113 e. The monoisotopic (exact) mass is 194 g/mol. The molecule has 70 valence electrons. The molecule has 1 aromatic carbocycles. The van der Waals surface area contributed by atoms with E-state index in [0.717, 1.165) is 5.69 Å². The summed E-state index contributed by atoms with van der Waals surface area (Å²) < 4.78 is 0. The number of hydrogen-bond acceptors (Lipinski definition) is 3. The molecule has 0 amide bonds. The van der Waals surface area contributed by atoms with Gasteiger partial charge in [0.2, 0.25) is 0 Å². The molecule has 0 fully saturated rings. The lowest BCUT2D eigenvalue weighted by atomic mass is 10.2. The summed E-state index contributed by atoms with van der Waals surface area (Å²) in [6.45, 7) is 4.07. The van der Waals surface area contributed by atoms with E-state index in [1.54, 1.807) is 11.8 Å². The average Bonchev–Trinajstić information content (AvgIpc) is 2.16. The van der Waals surface area contributed by atoms with Crippen molar-refractivity contribution in [2.45, 2.75) is 19.2 Å². The Morgan fingerprint density at radius 2 is 2.00 bits per heavy atom. The molecule has 0 aliphatic rings. The zero-order valence-corrected chi connectivity index (χ0v) is 9.01. The summed E-state index contributed by atoms with van der Waals surface area (Å²) in [6.07, 6.45) is 2.03. The molecular formula is C10H14N2S. The van der Waals surface area contributed by atoms with Crippen molar-refractivity contribution in [3.8, 4) is 0 Å². The van der Waals surface area contributed by atoms with Crippen LogP contribution in [0.3, 0.4) is 0 Å². The standard InChI is InChI=1S/C10H14N2S/c1-8-6-4-5-7-10(8)12-11-9(2)13-3/h4-7,9H,1-3H3. The van der Waals surface area contributed by atoms with Crippen LogP contribution in [-0.4, -0.2) is 11.6 Å². The number of thioether (sulfide) groups is 1. The van der Waals surface area contributed by atoms with Crippen LogP contribution < -0.4 is 0 Å². The van der Waals surface area contributed by atoms with Crippen LogP contribution in [0.5, 0.6) is 0 Å². The predicted molar refractivity (Wildman–Crippen MR) is 58.7 cm³/mol. The van der Waals surface area contributed by atoms with Gasteiger partial charge in [-0.25, -0.2) is 0 Å². The van der Waals surface area contributed by atoms with E-state index >= 15 is 0 Å². The maximum absolute atomic E-state index is 4.18. The number of azo groups is 1. The van der Waals surface area contributed by atoms with Crippen LogP contribution in [0.2, 0.25) is 0 Å². The van der Waals surface area contributed by atoms with Gasteiger partial charge in [-0.2, -0.15) is 10.2 Å². The molecule has 3 heteroatoms. The second kappa shape index (κ2) is 5.02. The van der Waals surface area contributed by atoms with Gasteiger partial charge < -0.3 is 0 Å². The Morgan fingerprint density at radius 1 is 1.31 bits per heavy atom. The van der Waals surface area contributed by atoms with Gasteiger partial charge in [-0.3, -0.25) is 0 Å². The van der Waals surface area contributed by atoms with Crippen molar-refractivity contribution in [3.63, 3.8) is 0 Å². The first-order valence-corrected chi connectivity index (χ1v) is 5.52. The summed E-state index contributed by atoms with van der Waals surface area (Å²) in [6, 6.07) is 8.00. The summed E-state index contributed by atoms with van der Waals surface area (Å²) in [5.74, 6) is 0. The zero-order chi connectivity index (χ0) is 9.68. The van der Waals surface area contributed by atoms with Gasteiger partial charge in [-0.1, -0.05) is 18.2 Å². The predicted octanol–water partition coefficient (Wildman–Crippen LogP) is 3.79. The van der Waals surface area contributed by atoms with Crippen molar-refractivity contribution in [1.82, 2.24) is 0 Å². The van der Waals surface area contributed by atoms with E-state index in [1.807, 2.05) is 44.4 Å². The highest BCUT2D eigenvalue weighted by molar-refractivity contribution is 7.99. The van der Waals surface area contributed by atoms with Crippen LogP contribution in [0.4, 0.5) is 5.69 Å². The number of benzene rings is 1. The fourth-order valence-electron chi connectivity index (χ4n) is 0.866. The van der Waals surface area contributed by atoms with E-state index in [0.29, 0.717) is 0 Å². The van der Waals surface area contributed by atoms with E-state index in [2.05, 4.69) is 10.2 Å². The molecule has 0 spiro atoms. The largest absolute Gasteiger partial charge is 0.175 e. The molecule has 0 bridgehead atoms. The van der Waals surface area contributed by atoms with E-state index < -0.39 is 0 Å². The fourth-order valence-corrected chi connectivity index (χ4v) is 1.01. The first-order valence-electron chi connectivity index (χ1n) is 4.23. The molecule has 2 nitrogen and oxygen atoms in total. The quantitative estimate of drug-likeness (QED) is 0.672. The summed E-state index contributed by atoms with van der Waals surface area (Å²) in [7, 11) is 0. The van der Waals surface area contributed by atoms with Crippen molar-refractivity contribution in [2.24, 2.45) is 10.2 Å². The van der Waals surface area contributed by atoms with Crippen LogP contribution in [0.1, 0.15) is 12.5 Å². The fraction of sp³-hybridized carbons (Fsp3) is 0.400. The third-order valence-corrected chi connectivity index (χ3v) is 2.56. The highest BCUT2D eigenvalue weighted by Gasteiger charge is 1.96. The second-order valence-corrected chi connectivity index (χ2v) is 3.99. The van der Waals surface area contributed by atoms with Crippen LogP contribution in [0.25, 0.3) is 0 Å². The van der Waals surface area contributed by atoms with Crippen molar-refractivity contribution in [1.29, 1.82) is 0 Å². The molecule has 0 aliphatic heterocycles. The first kappa shape index (κ1) is 10.3. The van der Waals surface area contributed by atoms with Gasteiger partial charge in [-0.05, 0) is 31.7 Å². The number of nitrogens with zero attached hydrogens (tertiary/aromatic N) is 2. The summed E-state index contributed by atoms with van der Waals surface area (Å²) in [4.78, 5) is 0. The number of aryl methyl sites for hydroxylation is 1. The molecule has 0 saturated heterocycles. The van der Waals surface area contributed by atoms with Gasteiger partial charge in [0.15, 0.2) is 0 Å². The summed E-state index contributed by atoms with van der Waals surface area (Å²) >= 11 is 1.69. The van der Waals surface area contributed by atoms with Crippen molar-refractivity contribution in [3.05, 3.63) is 29.8 Å². The Morgan fingerprint density at radius 3 is 2.62 bits per heavy atom. The first-order chi connectivity index (χ1) is 6.24. The molecule has 0 saturated carbocycles. The number of hydrogen-bond donors (Lipinski definition) is 0. The minimum atomic E-state index is 0.236. The molecule has 1 unspecified atom stereocenters. The molecule has 0 aliphatic carbocycles. The molecule has 0 N–H and O–H groups in total. The third-order valence-electron chi connectivity index (χ3n) is 1.78. The molecule has 0 radical (unpaired) electrons. The van der Waals surface area contributed by atoms with Crippen LogP contribution in [0, 0.1) is 6.92 Å². The smallest absolute Gasteiger partial charge is 0.113 e. The topological polar surface area (TPSA) is 24.7 Å². The van der Waals surface area contributed by atoms with Crippen LogP contribution >= 0.6 is 11.8 Å². The van der Waals surface area contributed by atoms with Crippen molar-refractivity contribution < 1.29 is 0 Å². The lowest BCUT2D eigenvalue weighted by Crippen LogP contribution is -1.85. The van der Waals surface area contributed by atoms with E-state index in [9.17, 15) is 0 Å². The van der Waals surface area contributed by atoms with Gasteiger partial charge in [0.25, 0.3) is 0 Å². The molecule has 1 rings (SSSR count). The highest BCUT2D eigenvalue weighted by atomic mass is 32.2. The third kappa shape index (κ3) is 3.19. The lowest BCUT2D eigenvalue weighted by molar-refractivity contribution is 0.943. The normalized spacial score (nSPS) is 13.5. The Labute approximate surface area is 83.5 Å². The van der Waals surface area contributed by atoms with E-state index in [-0.39, 0.29) is 5.37 Å². The minimum Gasteiger partial charge on any atom is -0.175 e. The van der Waals surface area contributed by atoms with Gasteiger partial charge >= 0.3 is 0 Å². The average molecular weight is 194 g/mol. The highest BCUT2D eigenvalue weighted by Crippen LogP contribution is 2.19. The van der Waals surface area contributed by atoms with Gasteiger partial charge in [0, 0.05) is 0 Å². The van der Waals surface area contributed by atoms with Crippen LogP contribution in [-0.2, 0) is 0 Å². The Kier molecular flexibility index (Phi) is 3.96. The van der Waals surface area contributed by atoms with Gasteiger partial charge in [0.1, 0.15) is 5.37 Å². The lowest BCUT2D eigenvalue weighted by Gasteiger charge is -2.00. The molecule has 1 aromatic rings. The molecule has 13 heavy (non-hydrogen) atoms. The van der Waals surface area contributed by atoms with Crippen LogP contribution in [0.15, 0.2) is 34.5 Å². The van der Waals surface area contributed by atoms with Gasteiger partial charge in [0.05, 0.1) is 5.69 Å². The minimum absolute atomic E-state index is 0.236. The summed E-state index contributed by atoms with van der Waals surface area (Å²) in [5.41, 5.74) is 2.13. The van der Waals surface area contributed by atoms with Gasteiger partial charge in [-0.15, -0.1) is 11.8 Å².